The number of fused-ring (bicyclic) bond motifs is 3. The van der Waals surface area contributed by atoms with Gasteiger partial charge in [-0.25, -0.2) is 18.6 Å². The molecule has 0 radical (unpaired) electrons. The molecule has 1 aliphatic heterocycles. The fourth-order valence-corrected chi connectivity index (χ4v) is 5.28. The van der Waals surface area contributed by atoms with Gasteiger partial charge in [0.2, 0.25) is 0 Å². The van der Waals surface area contributed by atoms with Gasteiger partial charge in [-0.05, 0) is 44.0 Å². The van der Waals surface area contributed by atoms with Crippen LogP contribution in [0, 0.1) is 24.2 Å². The van der Waals surface area contributed by atoms with Crippen LogP contribution in [0.1, 0.15) is 52.9 Å². The Balaban J connectivity index is 1.63. The van der Waals surface area contributed by atoms with Gasteiger partial charge in [-0.15, -0.1) is 0 Å². The second kappa shape index (κ2) is 8.05. The van der Waals surface area contributed by atoms with Crippen molar-refractivity contribution in [2.45, 2.75) is 44.7 Å². The predicted molar refractivity (Wildman–Crippen MR) is 125 cm³/mol. The number of halogens is 2. The summed E-state index contributed by atoms with van der Waals surface area (Å²) in [5, 5.41) is 22.5. The zero-order valence-electron chi connectivity index (χ0n) is 19.1. The molecule has 3 heterocycles. The van der Waals surface area contributed by atoms with Crippen LogP contribution in [0.3, 0.4) is 0 Å². The van der Waals surface area contributed by atoms with Crippen molar-refractivity contribution in [2.24, 2.45) is 5.92 Å². The van der Waals surface area contributed by atoms with Crippen LogP contribution in [0.2, 0.25) is 0 Å². The second-order valence-electron chi connectivity index (χ2n) is 9.31. The van der Waals surface area contributed by atoms with Crippen molar-refractivity contribution >= 4 is 23.1 Å². The van der Waals surface area contributed by atoms with Gasteiger partial charge in [-0.1, -0.05) is 12.1 Å². The highest BCUT2D eigenvalue weighted by Gasteiger charge is 2.56. The quantitative estimate of drug-likeness (QED) is 0.570. The molecule has 3 atom stereocenters. The number of rotatable bonds is 5. The monoisotopic (exact) mass is 479 g/mol. The van der Waals surface area contributed by atoms with Gasteiger partial charge >= 0.3 is 5.97 Å². The largest absolute Gasteiger partial charge is 0.478 e. The van der Waals surface area contributed by atoms with Crippen molar-refractivity contribution in [3.8, 4) is 6.07 Å². The fraction of sp³-hybridized carbons (Fsp3) is 0.360. The summed E-state index contributed by atoms with van der Waals surface area (Å²) in [5.41, 5.74) is 1.41. The number of nitriles is 1. The fourth-order valence-electron chi connectivity index (χ4n) is 5.28. The van der Waals surface area contributed by atoms with Gasteiger partial charge in [0.15, 0.2) is 11.4 Å². The highest BCUT2D eigenvalue weighted by atomic mass is 19.3. The lowest BCUT2D eigenvalue weighted by Gasteiger charge is -2.32. The summed E-state index contributed by atoms with van der Waals surface area (Å²) < 4.78 is 29.6. The lowest BCUT2D eigenvalue weighted by atomic mass is 10.0. The lowest BCUT2D eigenvalue weighted by molar-refractivity contribution is -0.0411. The molecule has 10 heteroatoms. The van der Waals surface area contributed by atoms with Crippen LogP contribution in [0.5, 0.6) is 0 Å². The van der Waals surface area contributed by atoms with Gasteiger partial charge in [0.1, 0.15) is 11.7 Å². The van der Waals surface area contributed by atoms with Crippen molar-refractivity contribution < 1.29 is 18.7 Å². The second-order valence-corrected chi connectivity index (χ2v) is 9.31. The topological polar surface area (TPSA) is 111 Å². The number of nitrogens with zero attached hydrogens (tertiary/aromatic N) is 4. The number of piperidine rings is 1. The summed E-state index contributed by atoms with van der Waals surface area (Å²) in [7, 11) is 0. The zero-order valence-corrected chi connectivity index (χ0v) is 19.1. The predicted octanol–water partition coefficient (Wildman–Crippen LogP) is 3.98. The molecule has 5 rings (SSSR count). The summed E-state index contributed by atoms with van der Waals surface area (Å²) in [4.78, 5) is 31.3. The lowest BCUT2D eigenvalue weighted by Crippen LogP contribution is -2.42. The Bertz CT molecular complexity index is 1460. The van der Waals surface area contributed by atoms with Crippen LogP contribution in [-0.4, -0.2) is 39.0 Å². The van der Waals surface area contributed by atoms with Gasteiger partial charge in [-0.2, -0.15) is 5.26 Å². The van der Waals surface area contributed by atoms with Crippen LogP contribution in [0.15, 0.2) is 41.3 Å². The molecule has 2 N–H and O–H groups in total. The zero-order chi connectivity index (χ0) is 25.1. The van der Waals surface area contributed by atoms with E-state index in [0.717, 1.165) is 5.56 Å². The third kappa shape index (κ3) is 3.67. The first-order chi connectivity index (χ1) is 16.6. The highest BCUT2D eigenvalue weighted by Crippen LogP contribution is 2.49. The van der Waals surface area contributed by atoms with Gasteiger partial charge in [0, 0.05) is 42.4 Å². The minimum Gasteiger partial charge on any atom is -0.478 e. The van der Waals surface area contributed by atoms with E-state index in [1.54, 1.807) is 36.2 Å². The Kier molecular flexibility index (Phi) is 5.24. The Morgan fingerprint density at radius 3 is 2.74 bits per heavy atom. The van der Waals surface area contributed by atoms with E-state index in [0.29, 0.717) is 17.7 Å². The number of hydrogen-bond donors (Lipinski definition) is 2. The number of aryl methyl sites for hydroxylation is 1. The molecule has 1 aliphatic carbocycles. The van der Waals surface area contributed by atoms with Crippen molar-refractivity contribution in [2.75, 3.05) is 16.8 Å². The molecule has 0 unspecified atom stereocenters. The summed E-state index contributed by atoms with van der Waals surface area (Å²) in [6, 6.07) is 9.32. The maximum absolute atomic E-state index is 14.1. The van der Waals surface area contributed by atoms with Gasteiger partial charge in [0.25, 0.3) is 11.5 Å². The van der Waals surface area contributed by atoms with Crippen LogP contribution < -0.4 is 15.8 Å². The summed E-state index contributed by atoms with van der Waals surface area (Å²) >= 11 is 0. The Morgan fingerprint density at radius 2 is 2.11 bits per heavy atom. The van der Waals surface area contributed by atoms with E-state index in [9.17, 15) is 28.7 Å². The third-order valence-electron chi connectivity index (χ3n) is 6.97. The molecule has 35 heavy (non-hydrogen) atoms. The normalized spacial score (nSPS) is 21.2. The molecule has 1 aromatic carbocycles. The molecule has 0 spiro atoms. The number of para-hydroxylation sites is 1. The average Bonchev–Trinajstić information content (AvgIpc) is 3.35. The molecular weight excluding hydrogens is 456 g/mol. The van der Waals surface area contributed by atoms with E-state index in [1.165, 1.54) is 10.5 Å². The van der Waals surface area contributed by atoms with Gasteiger partial charge in [0.05, 0.1) is 11.6 Å². The van der Waals surface area contributed by atoms with Crippen LogP contribution in [0.4, 0.5) is 20.3 Å². The Labute approximate surface area is 199 Å². The van der Waals surface area contributed by atoms with Crippen LogP contribution >= 0.6 is 0 Å². The Morgan fingerprint density at radius 1 is 1.37 bits per heavy atom. The summed E-state index contributed by atoms with van der Waals surface area (Å²) in [5.74, 6) is -4.53. The minimum absolute atomic E-state index is 0.0376. The standard InChI is InChI=1S/C25H23F2N5O3/c1-13-7-18(14(2)29-20-6-4-3-5-17(20)24(34)35)21-30-22(19(10-28)23(33)32(21)11-13)31-12-15-8-16(31)9-25(15,26)27/h3-7,11,14-16,29H,8-9,12H2,1-2H3,(H,34,35)/t14-,15+,16+/m1/s1. The number of carbonyl (C=O) groups is 1. The first-order valence-corrected chi connectivity index (χ1v) is 11.3. The Hall–Kier alpha value is -4.00. The number of hydrogen-bond acceptors (Lipinski definition) is 6. The van der Waals surface area contributed by atoms with Crippen LogP contribution in [0.25, 0.3) is 5.65 Å². The molecule has 3 aromatic rings. The number of carboxylic acid groups (broad SMARTS) is 1. The maximum atomic E-state index is 14.1. The molecule has 2 bridgehead atoms. The van der Waals surface area contributed by atoms with E-state index in [2.05, 4.69) is 10.3 Å². The molecule has 2 aliphatic rings. The third-order valence-corrected chi connectivity index (χ3v) is 6.97. The van der Waals surface area contributed by atoms with E-state index >= 15 is 0 Å². The average molecular weight is 479 g/mol. The first-order valence-electron chi connectivity index (χ1n) is 11.3. The van der Waals surface area contributed by atoms with E-state index < -0.39 is 35.5 Å². The molecule has 8 nitrogen and oxygen atoms in total. The molecular formula is C25H23F2N5O3. The van der Waals surface area contributed by atoms with E-state index in [1.807, 2.05) is 19.1 Å². The molecule has 0 amide bonds. The number of benzene rings is 1. The number of alkyl halides is 2. The van der Waals surface area contributed by atoms with Gasteiger partial charge < -0.3 is 15.3 Å². The first kappa shape index (κ1) is 22.8. The van der Waals surface area contributed by atoms with Crippen molar-refractivity contribution in [3.63, 3.8) is 0 Å². The SMILES string of the molecule is Cc1cc([C@@H](C)Nc2ccccc2C(=O)O)c2nc(N3C[C@@H]4C[C@H]3CC4(F)F)c(C#N)c(=O)n2c1. The molecule has 1 saturated carbocycles. The van der Waals surface area contributed by atoms with Gasteiger partial charge in [-0.3, -0.25) is 9.20 Å². The van der Waals surface area contributed by atoms with E-state index in [-0.39, 0.29) is 35.6 Å². The molecule has 1 saturated heterocycles. The number of pyridine rings is 1. The number of aromatic nitrogens is 2. The number of carboxylic acids is 1. The smallest absolute Gasteiger partial charge is 0.337 e. The molecule has 2 fully saturated rings. The molecule has 2 aromatic heterocycles. The minimum atomic E-state index is -2.75. The van der Waals surface area contributed by atoms with Crippen molar-refractivity contribution in [1.82, 2.24) is 9.38 Å². The summed E-state index contributed by atoms with van der Waals surface area (Å²) in [6.07, 6.45) is 1.55. The highest BCUT2D eigenvalue weighted by molar-refractivity contribution is 5.94. The molecule has 180 valence electrons. The van der Waals surface area contributed by atoms with Crippen LogP contribution in [-0.2, 0) is 0 Å². The maximum Gasteiger partial charge on any atom is 0.337 e. The number of nitrogens with one attached hydrogen (secondary N) is 1. The van der Waals surface area contributed by atoms with Crippen molar-refractivity contribution in [1.29, 1.82) is 5.26 Å². The number of aromatic carboxylic acids is 1. The van der Waals surface area contributed by atoms with Crippen molar-refractivity contribution in [3.05, 3.63) is 69.1 Å². The number of anilines is 2. The van der Waals surface area contributed by atoms with E-state index in [4.69, 9.17) is 0 Å². The summed E-state index contributed by atoms with van der Waals surface area (Å²) in [6.45, 7) is 3.65.